The van der Waals surface area contributed by atoms with Gasteiger partial charge in [-0.1, -0.05) is 6.07 Å². The molecule has 1 unspecified atom stereocenters. The topological polar surface area (TPSA) is 87.2 Å². The van der Waals surface area contributed by atoms with E-state index in [-0.39, 0.29) is 31.0 Å². The fraction of sp³-hybridized carbons (Fsp3) is 0.571. The Kier molecular flexibility index (Phi) is 6.54. The number of piperidine rings is 1. The Balaban J connectivity index is 1.57. The molecule has 1 aliphatic heterocycles. The third-order valence-electron chi connectivity index (χ3n) is 5.53. The Labute approximate surface area is 165 Å². The highest BCUT2D eigenvalue weighted by molar-refractivity contribution is 5.96. The first kappa shape index (κ1) is 20.2. The summed E-state index contributed by atoms with van der Waals surface area (Å²) >= 11 is 0. The zero-order chi connectivity index (χ0) is 20.1. The van der Waals surface area contributed by atoms with Gasteiger partial charge in [-0.25, -0.2) is 0 Å². The smallest absolute Gasteiger partial charge is 0.308 e. The van der Waals surface area contributed by atoms with Crippen molar-refractivity contribution in [3.05, 3.63) is 29.8 Å². The number of hydrogen-bond donors (Lipinski definition) is 1. The fourth-order valence-corrected chi connectivity index (χ4v) is 3.90. The number of carboxylic acids is 1. The Morgan fingerprint density at radius 1 is 1.18 bits per heavy atom. The van der Waals surface area contributed by atoms with Crippen molar-refractivity contribution in [2.45, 2.75) is 44.6 Å². The van der Waals surface area contributed by atoms with E-state index in [9.17, 15) is 19.5 Å². The van der Waals surface area contributed by atoms with Crippen LogP contribution in [0.1, 0.15) is 48.9 Å². The lowest BCUT2D eigenvalue weighted by Gasteiger charge is -2.32. The van der Waals surface area contributed by atoms with Crippen LogP contribution in [0.4, 0.5) is 0 Å². The van der Waals surface area contributed by atoms with Crippen LogP contribution in [0.15, 0.2) is 24.3 Å². The van der Waals surface area contributed by atoms with Crippen molar-refractivity contribution in [2.24, 2.45) is 5.92 Å². The van der Waals surface area contributed by atoms with Crippen LogP contribution in [-0.4, -0.2) is 65.5 Å². The summed E-state index contributed by atoms with van der Waals surface area (Å²) in [6.45, 7) is 0.676. The predicted molar refractivity (Wildman–Crippen MR) is 103 cm³/mol. The van der Waals surface area contributed by atoms with Gasteiger partial charge in [0.1, 0.15) is 5.75 Å². The minimum absolute atomic E-state index is 0.0706. The zero-order valence-corrected chi connectivity index (χ0v) is 16.3. The molecule has 1 aromatic rings. The molecule has 0 radical (unpaired) electrons. The Bertz CT molecular complexity index is 729. The van der Waals surface area contributed by atoms with Crippen molar-refractivity contribution in [1.82, 2.24) is 9.80 Å². The van der Waals surface area contributed by atoms with Crippen LogP contribution in [0, 0.1) is 5.92 Å². The molecule has 1 saturated carbocycles. The minimum Gasteiger partial charge on any atom is -0.490 e. The van der Waals surface area contributed by atoms with Crippen molar-refractivity contribution in [3.63, 3.8) is 0 Å². The van der Waals surface area contributed by atoms with E-state index in [1.807, 2.05) is 6.07 Å². The molecule has 1 N–H and O–H groups in total. The summed E-state index contributed by atoms with van der Waals surface area (Å²) in [6.07, 6.45) is 5.90. The van der Waals surface area contributed by atoms with Crippen molar-refractivity contribution < 1.29 is 24.2 Å². The SMILES string of the molecule is CN(CC(=O)N1CCCC(C(=O)O)C1)C(=O)c1cccc(OC2CCCC2)c1. The maximum Gasteiger partial charge on any atom is 0.308 e. The van der Waals surface area contributed by atoms with E-state index in [2.05, 4.69) is 0 Å². The molecule has 2 fully saturated rings. The van der Waals surface area contributed by atoms with Crippen molar-refractivity contribution >= 4 is 17.8 Å². The summed E-state index contributed by atoms with van der Waals surface area (Å²) in [7, 11) is 1.59. The van der Waals surface area contributed by atoms with E-state index in [0.717, 1.165) is 12.8 Å². The number of ether oxygens (including phenoxy) is 1. The quantitative estimate of drug-likeness (QED) is 0.809. The largest absolute Gasteiger partial charge is 0.490 e. The van der Waals surface area contributed by atoms with E-state index < -0.39 is 11.9 Å². The molecule has 1 aromatic carbocycles. The van der Waals surface area contributed by atoms with E-state index in [4.69, 9.17) is 4.74 Å². The van der Waals surface area contributed by atoms with Gasteiger partial charge >= 0.3 is 5.97 Å². The number of carbonyl (C=O) groups is 3. The summed E-state index contributed by atoms with van der Waals surface area (Å²) < 4.78 is 5.95. The van der Waals surface area contributed by atoms with Crippen molar-refractivity contribution in [2.75, 3.05) is 26.7 Å². The van der Waals surface area contributed by atoms with Gasteiger partial charge in [-0.2, -0.15) is 0 Å². The number of rotatable bonds is 6. The highest BCUT2D eigenvalue weighted by Gasteiger charge is 2.29. The number of amides is 2. The molecule has 1 saturated heterocycles. The van der Waals surface area contributed by atoms with Crippen molar-refractivity contribution in [1.29, 1.82) is 0 Å². The number of aliphatic carboxylic acids is 1. The number of carboxylic acid groups (broad SMARTS) is 1. The van der Waals surface area contributed by atoms with E-state index in [1.54, 1.807) is 30.1 Å². The van der Waals surface area contributed by atoms with Gasteiger partial charge in [-0.3, -0.25) is 14.4 Å². The monoisotopic (exact) mass is 388 g/mol. The fourth-order valence-electron chi connectivity index (χ4n) is 3.90. The molecule has 0 bridgehead atoms. The molecule has 2 amide bonds. The summed E-state index contributed by atoms with van der Waals surface area (Å²) in [5.74, 6) is -1.20. The van der Waals surface area contributed by atoms with Crippen LogP contribution in [0.2, 0.25) is 0 Å². The zero-order valence-electron chi connectivity index (χ0n) is 16.3. The van der Waals surface area contributed by atoms with E-state index in [1.165, 1.54) is 17.7 Å². The lowest BCUT2D eigenvalue weighted by molar-refractivity contribution is -0.145. The Morgan fingerprint density at radius 2 is 1.93 bits per heavy atom. The first-order valence-corrected chi connectivity index (χ1v) is 9.97. The normalized spacial score (nSPS) is 20.0. The average Bonchev–Trinajstić information content (AvgIpc) is 3.20. The number of likely N-dealkylation sites (N-methyl/N-ethyl adjacent to an activating group) is 1. The first-order chi connectivity index (χ1) is 13.4. The molecule has 1 aliphatic carbocycles. The van der Waals surface area contributed by atoms with Gasteiger partial charge < -0.3 is 19.6 Å². The molecule has 3 rings (SSSR count). The van der Waals surface area contributed by atoms with Crippen molar-refractivity contribution in [3.8, 4) is 5.75 Å². The third-order valence-corrected chi connectivity index (χ3v) is 5.53. The molecular weight excluding hydrogens is 360 g/mol. The molecular formula is C21H28N2O5. The number of hydrogen-bond acceptors (Lipinski definition) is 4. The van der Waals surface area contributed by atoms with Crippen LogP contribution in [0.5, 0.6) is 5.75 Å². The number of nitrogens with zero attached hydrogens (tertiary/aromatic N) is 2. The molecule has 7 nitrogen and oxygen atoms in total. The molecule has 28 heavy (non-hydrogen) atoms. The summed E-state index contributed by atoms with van der Waals surface area (Å²) in [6, 6.07) is 7.07. The molecule has 152 valence electrons. The third kappa shape index (κ3) is 5.03. The second kappa shape index (κ2) is 9.08. The molecule has 0 spiro atoms. The lowest BCUT2D eigenvalue weighted by atomic mass is 9.98. The van der Waals surface area contributed by atoms with Gasteiger partial charge in [0.25, 0.3) is 5.91 Å². The molecule has 0 aromatic heterocycles. The second-order valence-electron chi connectivity index (χ2n) is 7.73. The molecule has 7 heteroatoms. The minimum atomic E-state index is -0.874. The van der Waals surface area contributed by atoms with Crippen LogP contribution in [-0.2, 0) is 9.59 Å². The van der Waals surface area contributed by atoms with Gasteiger partial charge in [0.05, 0.1) is 18.6 Å². The summed E-state index contributed by atoms with van der Waals surface area (Å²) in [4.78, 5) is 39.4. The van der Waals surface area contributed by atoms with Crippen LogP contribution >= 0.6 is 0 Å². The number of likely N-dealkylation sites (tertiary alicyclic amines) is 1. The highest BCUT2D eigenvalue weighted by Crippen LogP contribution is 2.25. The first-order valence-electron chi connectivity index (χ1n) is 9.97. The van der Waals surface area contributed by atoms with E-state index in [0.29, 0.717) is 30.7 Å². The van der Waals surface area contributed by atoms with E-state index >= 15 is 0 Å². The Hall–Kier alpha value is -2.57. The maximum absolute atomic E-state index is 12.7. The highest BCUT2D eigenvalue weighted by atomic mass is 16.5. The molecule has 1 heterocycles. The van der Waals surface area contributed by atoms with Gasteiger partial charge in [0.2, 0.25) is 5.91 Å². The predicted octanol–water partition coefficient (Wildman–Crippen LogP) is 2.40. The molecule has 1 atom stereocenters. The van der Waals surface area contributed by atoms with Gasteiger partial charge in [-0.05, 0) is 56.7 Å². The average molecular weight is 388 g/mol. The number of carbonyl (C=O) groups excluding carboxylic acids is 2. The molecule has 2 aliphatic rings. The summed E-state index contributed by atoms with van der Waals surface area (Å²) in [5, 5.41) is 9.17. The maximum atomic E-state index is 12.7. The summed E-state index contributed by atoms with van der Waals surface area (Å²) in [5.41, 5.74) is 0.479. The number of benzene rings is 1. The van der Waals surface area contributed by atoms with Gasteiger partial charge in [0.15, 0.2) is 0 Å². The van der Waals surface area contributed by atoms with Crippen LogP contribution < -0.4 is 4.74 Å². The van der Waals surface area contributed by atoms with Gasteiger partial charge in [-0.15, -0.1) is 0 Å². The van der Waals surface area contributed by atoms with Crippen LogP contribution in [0.25, 0.3) is 0 Å². The standard InChI is InChI=1S/C21H28N2O5/c1-22(14-19(24)23-11-5-7-16(13-23)21(26)27)20(25)15-6-4-10-18(12-15)28-17-8-2-3-9-17/h4,6,10,12,16-17H,2-3,5,7-9,11,13-14H2,1H3,(H,26,27). The second-order valence-corrected chi connectivity index (χ2v) is 7.73. The van der Waals surface area contributed by atoms with Crippen LogP contribution in [0.3, 0.4) is 0 Å². The lowest BCUT2D eigenvalue weighted by Crippen LogP contribution is -2.46. The van der Waals surface area contributed by atoms with Gasteiger partial charge in [0, 0.05) is 25.7 Å². The Morgan fingerprint density at radius 3 is 2.64 bits per heavy atom.